The lowest BCUT2D eigenvalue weighted by Crippen LogP contribution is -2.55. The third-order valence-corrected chi connectivity index (χ3v) is 7.24. The van der Waals surface area contributed by atoms with Gasteiger partial charge in [0.2, 0.25) is 15.9 Å². The van der Waals surface area contributed by atoms with E-state index in [0.29, 0.717) is 58.3 Å². The molecule has 30 heavy (non-hydrogen) atoms. The number of nitrogens with one attached hydrogen (secondary N) is 2. The zero-order valence-corrected chi connectivity index (χ0v) is 18.0. The zero-order valence-electron chi connectivity index (χ0n) is 17.2. The second-order valence-corrected chi connectivity index (χ2v) is 9.07. The van der Waals surface area contributed by atoms with Crippen LogP contribution in [-0.4, -0.2) is 100 Å². The van der Waals surface area contributed by atoms with Crippen molar-refractivity contribution in [3.05, 3.63) is 18.3 Å². The van der Waals surface area contributed by atoms with Crippen LogP contribution in [0.2, 0.25) is 0 Å². The molecule has 1 aromatic rings. The Labute approximate surface area is 176 Å². The maximum absolute atomic E-state index is 12.7. The summed E-state index contributed by atoms with van der Waals surface area (Å²) in [5, 5.41) is 4.65. The molecule has 0 spiro atoms. The molecule has 2 saturated heterocycles. The first-order valence-corrected chi connectivity index (χ1v) is 11.3. The summed E-state index contributed by atoms with van der Waals surface area (Å²) in [6, 6.07) is 2.34. The van der Waals surface area contributed by atoms with Gasteiger partial charge in [-0.25, -0.2) is 18.2 Å². The fourth-order valence-electron chi connectivity index (χ4n) is 3.43. The van der Waals surface area contributed by atoms with Crippen molar-refractivity contribution >= 4 is 27.8 Å². The summed E-state index contributed by atoms with van der Waals surface area (Å²) >= 11 is 0. The highest BCUT2D eigenvalue weighted by atomic mass is 32.2. The van der Waals surface area contributed by atoms with Gasteiger partial charge >= 0.3 is 6.03 Å². The predicted molar refractivity (Wildman–Crippen MR) is 110 cm³/mol. The second kappa shape index (κ2) is 9.69. The van der Waals surface area contributed by atoms with E-state index in [9.17, 15) is 18.0 Å². The van der Waals surface area contributed by atoms with E-state index in [2.05, 4.69) is 15.6 Å². The molecule has 0 saturated carbocycles. The zero-order chi connectivity index (χ0) is 21.7. The molecule has 0 radical (unpaired) electrons. The van der Waals surface area contributed by atoms with E-state index >= 15 is 0 Å². The van der Waals surface area contributed by atoms with Gasteiger partial charge in [0, 0.05) is 52.5 Å². The van der Waals surface area contributed by atoms with Crippen LogP contribution in [0, 0.1) is 0 Å². The van der Waals surface area contributed by atoms with E-state index < -0.39 is 22.1 Å². The summed E-state index contributed by atoms with van der Waals surface area (Å²) in [4.78, 5) is 32.0. The Hall–Kier alpha value is -2.28. The first kappa shape index (κ1) is 22.4. The van der Waals surface area contributed by atoms with Gasteiger partial charge in [0.05, 0.1) is 19.3 Å². The van der Waals surface area contributed by atoms with Crippen molar-refractivity contribution in [1.29, 1.82) is 0 Å². The SMILES string of the molecule is CNC(=O)NC(=O)C(C)N1CCN(c2ccc(S(=O)(=O)N3CCOCC3)cn2)CC1. The molecular formula is C18H28N6O5S. The van der Waals surface area contributed by atoms with Crippen molar-refractivity contribution in [1.82, 2.24) is 24.8 Å². The van der Waals surface area contributed by atoms with Crippen molar-refractivity contribution in [2.24, 2.45) is 0 Å². The van der Waals surface area contributed by atoms with Crippen molar-refractivity contribution in [2.45, 2.75) is 17.9 Å². The van der Waals surface area contributed by atoms with E-state index in [1.54, 1.807) is 19.1 Å². The van der Waals surface area contributed by atoms with Crippen LogP contribution < -0.4 is 15.5 Å². The van der Waals surface area contributed by atoms with Crippen LogP contribution in [0.1, 0.15) is 6.92 Å². The second-order valence-electron chi connectivity index (χ2n) is 7.14. The highest BCUT2D eigenvalue weighted by Crippen LogP contribution is 2.20. The van der Waals surface area contributed by atoms with Crippen molar-refractivity contribution in [2.75, 3.05) is 64.4 Å². The topological polar surface area (TPSA) is 124 Å². The van der Waals surface area contributed by atoms with Crippen LogP contribution in [0.25, 0.3) is 0 Å². The minimum Gasteiger partial charge on any atom is -0.379 e. The molecule has 166 valence electrons. The molecule has 2 N–H and O–H groups in total. The monoisotopic (exact) mass is 440 g/mol. The Morgan fingerprint density at radius 2 is 1.77 bits per heavy atom. The molecule has 1 atom stereocenters. The lowest BCUT2D eigenvalue weighted by Gasteiger charge is -2.37. The van der Waals surface area contributed by atoms with Crippen LogP contribution >= 0.6 is 0 Å². The summed E-state index contributed by atoms with van der Waals surface area (Å²) in [7, 11) is -2.11. The summed E-state index contributed by atoms with van der Waals surface area (Å²) in [5.41, 5.74) is 0. The van der Waals surface area contributed by atoms with Gasteiger partial charge in [-0.05, 0) is 19.1 Å². The number of urea groups is 1. The Balaban J connectivity index is 1.57. The quantitative estimate of drug-likeness (QED) is 0.602. The molecule has 3 rings (SSSR count). The number of carbonyl (C=O) groups is 2. The molecule has 3 heterocycles. The van der Waals surface area contributed by atoms with Crippen LogP contribution in [0.5, 0.6) is 0 Å². The number of hydrogen-bond donors (Lipinski definition) is 2. The molecule has 2 aliphatic rings. The average molecular weight is 441 g/mol. The number of imide groups is 1. The number of rotatable bonds is 5. The van der Waals surface area contributed by atoms with Gasteiger partial charge in [-0.15, -0.1) is 0 Å². The summed E-state index contributed by atoms with van der Waals surface area (Å²) < 4.78 is 32.0. The Morgan fingerprint density at radius 1 is 1.10 bits per heavy atom. The highest BCUT2D eigenvalue weighted by molar-refractivity contribution is 7.89. The molecule has 1 unspecified atom stereocenters. The number of aromatic nitrogens is 1. The normalized spacial score (nSPS) is 19.9. The maximum atomic E-state index is 12.7. The van der Waals surface area contributed by atoms with E-state index in [-0.39, 0.29) is 10.8 Å². The Kier molecular flexibility index (Phi) is 7.23. The van der Waals surface area contributed by atoms with Gasteiger partial charge in [-0.2, -0.15) is 4.31 Å². The molecule has 0 aliphatic carbocycles. The summed E-state index contributed by atoms with van der Waals surface area (Å²) in [6.45, 7) is 5.77. The largest absolute Gasteiger partial charge is 0.379 e. The minimum atomic E-state index is -3.56. The number of nitrogens with zero attached hydrogens (tertiary/aromatic N) is 4. The molecule has 0 bridgehead atoms. The van der Waals surface area contributed by atoms with Gasteiger partial charge in [-0.1, -0.05) is 0 Å². The van der Waals surface area contributed by atoms with Crippen LogP contribution in [0.3, 0.4) is 0 Å². The molecule has 11 nitrogen and oxygen atoms in total. The van der Waals surface area contributed by atoms with Gasteiger partial charge in [0.1, 0.15) is 10.7 Å². The lowest BCUT2D eigenvalue weighted by molar-refractivity contribution is -0.124. The van der Waals surface area contributed by atoms with E-state index in [0.717, 1.165) is 0 Å². The van der Waals surface area contributed by atoms with E-state index in [1.165, 1.54) is 17.5 Å². The van der Waals surface area contributed by atoms with Crippen molar-refractivity contribution in [3.8, 4) is 0 Å². The molecule has 2 fully saturated rings. The number of hydrogen-bond acceptors (Lipinski definition) is 8. The molecule has 1 aromatic heterocycles. The lowest BCUT2D eigenvalue weighted by atomic mass is 10.2. The minimum absolute atomic E-state index is 0.172. The van der Waals surface area contributed by atoms with Gasteiger partial charge in [0.15, 0.2) is 0 Å². The fraction of sp³-hybridized carbons (Fsp3) is 0.611. The third kappa shape index (κ3) is 5.06. The first-order chi connectivity index (χ1) is 14.3. The first-order valence-electron chi connectivity index (χ1n) is 9.88. The fourth-order valence-corrected chi connectivity index (χ4v) is 4.78. The average Bonchev–Trinajstić information content (AvgIpc) is 2.79. The number of ether oxygens (including phenoxy) is 1. The molecule has 3 amide bonds. The van der Waals surface area contributed by atoms with Crippen molar-refractivity contribution < 1.29 is 22.7 Å². The number of anilines is 1. The molecule has 2 aliphatic heterocycles. The number of sulfonamides is 1. The maximum Gasteiger partial charge on any atom is 0.321 e. The number of pyridine rings is 1. The smallest absolute Gasteiger partial charge is 0.321 e. The van der Waals surface area contributed by atoms with Gasteiger partial charge < -0.3 is 15.0 Å². The van der Waals surface area contributed by atoms with Gasteiger partial charge in [-0.3, -0.25) is 15.0 Å². The number of amides is 3. The van der Waals surface area contributed by atoms with E-state index in [4.69, 9.17) is 4.74 Å². The number of carbonyl (C=O) groups excluding carboxylic acids is 2. The van der Waals surface area contributed by atoms with Gasteiger partial charge in [0.25, 0.3) is 0 Å². The molecule has 12 heteroatoms. The van der Waals surface area contributed by atoms with Crippen LogP contribution in [0.4, 0.5) is 10.6 Å². The van der Waals surface area contributed by atoms with E-state index in [1.807, 2.05) is 9.80 Å². The Bertz CT molecular complexity index is 848. The molecular weight excluding hydrogens is 412 g/mol. The van der Waals surface area contributed by atoms with Crippen LogP contribution in [0.15, 0.2) is 23.2 Å². The number of piperazine rings is 1. The summed E-state index contributed by atoms with van der Waals surface area (Å²) in [5.74, 6) is 0.344. The Morgan fingerprint density at radius 3 is 2.33 bits per heavy atom. The highest BCUT2D eigenvalue weighted by Gasteiger charge is 2.29. The summed E-state index contributed by atoms with van der Waals surface area (Å²) in [6.07, 6.45) is 1.39. The predicted octanol–water partition coefficient (Wildman–Crippen LogP) is -0.931. The van der Waals surface area contributed by atoms with Crippen molar-refractivity contribution in [3.63, 3.8) is 0 Å². The number of morpholine rings is 1. The third-order valence-electron chi connectivity index (χ3n) is 5.36. The van der Waals surface area contributed by atoms with Crippen LogP contribution in [-0.2, 0) is 19.6 Å². The molecule has 0 aromatic carbocycles. The standard InChI is InChI=1S/C18H28N6O5S/c1-14(17(25)21-18(26)19-2)22-5-7-23(8-6-22)16-4-3-15(13-20-16)30(27,28)24-9-11-29-12-10-24/h3-4,13-14H,5-12H2,1-2H3,(H2,19,21,25,26).